The Morgan fingerprint density at radius 2 is 0.424 bits per heavy atom. The van der Waals surface area contributed by atoms with Gasteiger partial charge in [-0.1, -0.05) is 160 Å². The summed E-state index contributed by atoms with van der Waals surface area (Å²) in [4.78, 5) is 0. The van der Waals surface area contributed by atoms with Crippen molar-refractivity contribution in [2.45, 2.75) is 187 Å². The van der Waals surface area contributed by atoms with Gasteiger partial charge in [0, 0.05) is 0 Å². The summed E-state index contributed by atoms with van der Waals surface area (Å²) >= 11 is 0. The molecule has 0 unspecified atom stereocenters. The molecule has 0 atom stereocenters. The number of allylic oxidation sites excluding steroid dienone is 4. The van der Waals surface area contributed by atoms with E-state index in [1.54, 1.807) is 0 Å². The Hall–Kier alpha value is -0.520. The topological polar surface area (TPSA) is 0 Å². The van der Waals surface area contributed by atoms with Crippen LogP contribution in [0.5, 0.6) is 0 Å². The minimum Gasteiger partial charge on any atom is -0.0885 e. The molecule has 0 aromatic carbocycles. The molecular weight excluding hydrogens is 396 g/mol. The Labute approximate surface area is 211 Å². The van der Waals surface area contributed by atoms with Crippen LogP contribution in [0.2, 0.25) is 0 Å². The van der Waals surface area contributed by atoms with Gasteiger partial charge in [0.25, 0.3) is 0 Å². The van der Waals surface area contributed by atoms with Crippen molar-refractivity contribution >= 4 is 0 Å². The predicted octanol–water partition coefficient (Wildman–Crippen LogP) is 12.7. The molecule has 0 bridgehead atoms. The van der Waals surface area contributed by atoms with E-state index in [9.17, 15) is 0 Å². The molecule has 0 aliphatic rings. The largest absolute Gasteiger partial charge is 0.0885 e. The van der Waals surface area contributed by atoms with Gasteiger partial charge in [-0.2, -0.15) is 0 Å². The number of unbranched alkanes of at least 4 members (excludes halogenated alkanes) is 24. The SMILES string of the molecule is CCCCCCCC/C=C\CCCCCCC/C=C\CCCCCCCCCCCCCC. The number of rotatable bonds is 28. The monoisotopic (exact) mass is 461 g/mol. The first-order chi connectivity index (χ1) is 16.4. The maximum atomic E-state index is 2.45. The Bertz CT molecular complexity index is 377. The third-order valence-electron chi connectivity index (χ3n) is 7.02. The van der Waals surface area contributed by atoms with Gasteiger partial charge < -0.3 is 0 Å². The summed E-state index contributed by atoms with van der Waals surface area (Å²) in [7, 11) is 0. The number of hydrogen-bond acceptors (Lipinski definition) is 0. The smallest absolute Gasteiger partial charge is 0.0351 e. The van der Waals surface area contributed by atoms with E-state index in [0.29, 0.717) is 0 Å². The molecule has 196 valence electrons. The van der Waals surface area contributed by atoms with Gasteiger partial charge in [0.15, 0.2) is 0 Å². The van der Waals surface area contributed by atoms with Gasteiger partial charge in [-0.25, -0.2) is 0 Å². The van der Waals surface area contributed by atoms with Crippen LogP contribution in [0.25, 0.3) is 0 Å². The van der Waals surface area contributed by atoms with E-state index in [2.05, 4.69) is 38.2 Å². The van der Waals surface area contributed by atoms with Crippen LogP contribution in [0.3, 0.4) is 0 Å². The van der Waals surface area contributed by atoms with Crippen LogP contribution in [-0.2, 0) is 0 Å². The minimum atomic E-state index is 1.30. The molecule has 0 nitrogen and oxygen atoms in total. The lowest BCUT2D eigenvalue weighted by Gasteiger charge is -2.02. The van der Waals surface area contributed by atoms with Gasteiger partial charge >= 0.3 is 0 Å². The molecule has 0 aromatic rings. The van der Waals surface area contributed by atoms with Gasteiger partial charge in [0.2, 0.25) is 0 Å². The third kappa shape index (κ3) is 31.5. The molecule has 0 heterocycles. The van der Waals surface area contributed by atoms with Crippen LogP contribution in [0.4, 0.5) is 0 Å². The maximum Gasteiger partial charge on any atom is -0.0351 e. The fourth-order valence-electron chi connectivity index (χ4n) is 4.67. The summed E-state index contributed by atoms with van der Waals surface area (Å²) in [5.74, 6) is 0. The molecule has 0 heteroatoms. The van der Waals surface area contributed by atoms with Gasteiger partial charge in [-0.3, -0.25) is 0 Å². The fourth-order valence-corrected chi connectivity index (χ4v) is 4.67. The van der Waals surface area contributed by atoms with Crippen molar-refractivity contribution in [2.75, 3.05) is 0 Å². The molecule has 0 aliphatic heterocycles. The average Bonchev–Trinajstić information content (AvgIpc) is 2.83. The molecular formula is C33H64. The van der Waals surface area contributed by atoms with Crippen molar-refractivity contribution < 1.29 is 0 Å². The molecule has 0 aliphatic carbocycles. The standard InChI is InChI=1S/C33H64/c1-3-5-7-9-11-13-15-17-19-21-23-25-27-29-31-33-32-30-28-26-24-22-20-18-16-14-12-10-8-6-4-2/h17,19,30,32H,3-16,18,20-29,31,33H2,1-2H3/b19-17-,32-30-. The Kier molecular flexibility index (Phi) is 31.0. The highest BCUT2D eigenvalue weighted by molar-refractivity contribution is 4.82. The molecule has 0 radical (unpaired) electrons. The normalized spacial score (nSPS) is 11.9. The fraction of sp³-hybridized carbons (Fsp3) is 0.879. The van der Waals surface area contributed by atoms with Crippen LogP contribution in [-0.4, -0.2) is 0 Å². The zero-order valence-electron chi connectivity index (χ0n) is 23.4. The zero-order valence-corrected chi connectivity index (χ0v) is 23.4. The van der Waals surface area contributed by atoms with E-state index in [1.807, 2.05) is 0 Å². The average molecular weight is 461 g/mol. The quantitative estimate of drug-likeness (QED) is 0.0804. The first-order valence-corrected chi connectivity index (χ1v) is 15.7. The van der Waals surface area contributed by atoms with Gasteiger partial charge in [-0.15, -0.1) is 0 Å². The number of hydrogen-bond donors (Lipinski definition) is 0. The summed E-state index contributed by atoms with van der Waals surface area (Å²) in [6, 6.07) is 0. The molecule has 0 saturated heterocycles. The second-order valence-corrected chi connectivity index (χ2v) is 10.5. The summed E-state index contributed by atoms with van der Waals surface area (Å²) < 4.78 is 0. The zero-order chi connectivity index (χ0) is 23.9. The van der Waals surface area contributed by atoms with Gasteiger partial charge in [0.1, 0.15) is 0 Å². The summed E-state index contributed by atoms with van der Waals surface area (Å²) in [6.07, 6.45) is 47.9. The third-order valence-corrected chi connectivity index (χ3v) is 7.02. The highest BCUT2D eigenvalue weighted by Gasteiger charge is 1.93. The van der Waals surface area contributed by atoms with E-state index in [4.69, 9.17) is 0 Å². The van der Waals surface area contributed by atoms with Gasteiger partial charge in [0.05, 0.1) is 0 Å². The minimum absolute atomic E-state index is 1.30. The highest BCUT2D eigenvalue weighted by Crippen LogP contribution is 2.13. The molecule has 0 spiro atoms. The van der Waals surface area contributed by atoms with Crippen molar-refractivity contribution in [2.24, 2.45) is 0 Å². The molecule has 0 saturated carbocycles. The van der Waals surface area contributed by atoms with E-state index < -0.39 is 0 Å². The first kappa shape index (κ1) is 32.5. The lowest BCUT2D eigenvalue weighted by atomic mass is 10.0. The van der Waals surface area contributed by atoms with E-state index in [0.717, 1.165) is 0 Å². The van der Waals surface area contributed by atoms with Crippen molar-refractivity contribution in [3.63, 3.8) is 0 Å². The van der Waals surface area contributed by atoms with Crippen LogP contribution < -0.4 is 0 Å². The maximum absolute atomic E-state index is 2.45. The van der Waals surface area contributed by atoms with Crippen molar-refractivity contribution in [1.82, 2.24) is 0 Å². The first-order valence-electron chi connectivity index (χ1n) is 15.7. The second-order valence-electron chi connectivity index (χ2n) is 10.5. The molecule has 0 N–H and O–H groups in total. The van der Waals surface area contributed by atoms with Crippen molar-refractivity contribution in [3.05, 3.63) is 24.3 Å². The molecule has 0 amide bonds. The predicted molar refractivity (Wildman–Crippen MR) is 154 cm³/mol. The highest BCUT2D eigenvalue weighted by atomic mass is 14.0. The van der Waals surface area contributed by atoms with E-state index in [1.165, 1.54) is 173 Å². The molecule has 0 rings (SSSR count). The molecule has 0 fully saturated rings. The summed E-state index contributed by atoms with van der Waals surface area (Å²) in [5.41, 5.74) is 0. The van der Waals surface area contributed by atoms with E-state index in [-0.39, 0.29) is 0 Å². The Morgan fingerprint density at radius 3 is 0.636 bits per heavy atom. The molecule has 33 heavy (non-hydrogen) atoms. The Balaban J connectivity index is 3.12. The summed E-state index contributed by atoms with van der Waals surface area (Å²) in [5, 5.41) is 0. The van der Waals surface area contributed by atoms with Crippen LogP contribution in [0.15, 0.2) is 24.3 Å². The van der Waals surface area contributed by atoms with Gasteiger partial charge in [-0.05, 0) is 51.4 Å². The van der Waals surface area contributed by atoms with E-state index >= 15 is 0 Å². The van der Waals surface area contributed by atoms with Crippen molar-refractivity contribution in [3.8, 4) is 0 Å². The van der Waals surface area contributed by atoms with Crippen LogP contribution in [0, 0.1) is 0 Å². The molecule has 0 aromatic heterocycles. The summed E-state index contributed by atoms with van der Waals surface area (Å²) in [6.45, 7) is 4.59. The van der Waals surface area contributed by atoms with Crippen LogP contribution in [0.1, 0.15) is 187 Å². The second kappa shape index (κ2) is 31.5. The lowest BCUT2D eigenvalue weighted by molar-refractivity contribution is 0.545. The lowest BCUT2D eigenvalue weighted by Crippen LogP contribution is -1.82. The van der Waals surface area contributed by atoms with Crippen molar-refractivity contribution in [1.29, 1.82) is 0 Å². The van der Waals surface area contributed by atoms with Crippen LogP contribution >= 0.6 is 0 Å². The Morgan fingerprint density at radius 1 is 0.242 bits per heavy atom.